The van der Waals surface area contributed by atoms with Crippen molar-refractivity contribution in [2.45, 2.75) is 417 Å². The van der Waals surface area contributed by atoms with Crippen molar-refractivity contribution < 1.29 is 282 Å². The van der Waals surface area contributed by atoms with Crippen LogP contribution in [0.15, 0.2) is 0 Å². The lowest BCUT2D eigenvalue weighted by atomic mass is 9.93. The van der Waals surface area contributed by atoms with Crippen LogP contribution in [0.2, 0.25) is 0 Å². The van der Waals surface area contributed by atoms with Crippen molar-refractivity contribution in [3.05, 3.63) is 0 Å². The van der Waals surface area contributed by atoms with Gasteiger partial charge in [-0.15, -0.1) is 0 Å². The molecular weight excluding hydrogens is 1890 g/mol. The summed E-state index contributed by atoms with van der Waals surface area (Å²) in [5, 5.41) is 357. The van der Waals surface area contributed by atoms with Gasteiger partial charge in [-0.25, -0.2) is 0 Å². The molecule has 0 saturated carbocycles. The molecule has 138 heavy (non-hydrogen) atoms. The van der Waals surface area contributed by atoms with Gasteiger partial charge in [-0.1, -0.05) is 0 Å². The second-order valence-electron chi connectivity index (χ2n) is 35.7. The molecule has 800 valence electrons. The van der Waals surface area contributed by atoms with Crippen LogP contribution in [0.25, 0.3) is 0 Å². The van der Waals surface area contributed by atoms with Gasteiger partial charge in [-0.2, -0.15) is 0 Å². The number of amides is 3. The predicted molar refractivity (Wildman–Crippen MR) is 424 cm³/mol. The molecule has 0 aromatic carbocycles. The molecule has 12 aliphatic heterocycles. The first-order valence-electron chi connectivity index (χ1n) is 44.6. The zero-order chi connectivity index (χ0) is 101. The van der Waals surface area contributed by atoms with Gasteiger partial charge in [0.15, 0.2) is 75.5 Å². The van der Waals surface area contributed by atoms with Gasteiger partial charge >= 0.3 is 0 Å². The molecule has 0 unspecified atom stereocenters. The van der Waals surface area contributed by atoms with E-state index >= 15 is 0 Å². The molecule has 12 heterocycles. The summed E-state index contributed by atoms with van der Waals surface area (Å²) >= 11 is 0. The van der Waals surface area contributed by atoms with Crippen molar-refractivity contribution in [2.75, 3.05) is 52.9 Å². The third-order valence-corrected chi connectivity index (χ3v) is 26.2. The van der Waals surface area contributed by atoms with Gasteiger partial charge in [0, 0.05) is 20.8 Å². The van der Waals surface area contributed by atoms with Crippen LogP contribution in [-0.4, -0.2) is 597 Å². The highest BCUT2D eigenvalue weighted by Crippen LogP contribution is 2.44. The van der Waals surface area contributed by atoms with Crippen LogP contribution in [0.1, 0.15) is 48.5 Å². The second kappa shape index (κ2) is 48.5. The molecule has 12 saturated heterocycles. The Morgan fingerprint density at radius 1 is 0.188 bits per heavy atom. The van der Waals surface area contributed by atoms with Gasteiger partial charge < -0.3 is 283 Å². The Bertz CT molecular complexity index is 3790. The molecule has 0 bridgehead atoms. The van der Waals surface area contributed by atoms with Gasteiger partial charge in [0.2, 0.25) is 17.7 Å². The van der Waals surface area contributed by atoms with Crippen LogP contribution in [0.4, 0.5) is 0 Å². The van der Waals surface area contributed by atoms with Crippen LogP contribution in [0.3, 0.4) is 0 Å². The fourth-order valence-corrected chi connectivity index (χ4v) is 18.4. The lowest BCUT2D eigenvalue weighted by molar-refractivity contribution is -0.405. The standard InChI is InChI=1S/C78H131N3O57/c1-16-34(93)42(101)49(108)71(116-16)129-59-30(15-89)127-70(33(81-22(7)92)62(59)134-78-66(46(105)38(97)23(8-82)124-78)138-74-52(111)45(104)37(96)19(4)119-74)137-65-41(100)26(11-85)123-77(55(65)114)131-58-29(14-88)126-69(32(80-21(6)91)61(58)133-73-51(110)44(103)36(95)18(3)118-73)136-64-40(99)25(10-84)122-76(54(64)113)130-57-28(13-87)125-68(31(79-20(5)90)60(57)132-72-50(109)43(102)35(94)17(2)117-72)135-63-39(98)24(9-83)121-75(53(63)112)128-56-27(12-86)120-67(115)48(107)47(56)106/h16-19,23-78,82-89,93-115H,8-15H2,1-7H3,(H,79,90)(H,80,91)(H,81,92)/t16-,17-,18-,19-,23+,24+,25+,26+,27+,28+,29+,30+,31+,32+,33+,34+,35+,36+,37+,38-,39-,40-,41-,42+,43+,44+,45+,46-,47+,48+,49-,50-,51-,52-,53+,54+,55+,56+,57+,58+,59+,60+,61+,62+,63-,64-,65-,66+,67-,68-,69-,70-,71-,72-,73-,74-,75-,76-,77-,78-/m0/s1. The van der Waals surface area contributed by atoms with Crippen LogP contribution < -0.4 is 16.0 Å². The quantitative estimate of drug-likeness (QED) is 0.0290. The van der Waals surface area contributed by atoms with Gasteiger partial charge in [0.25, 0.3) is 0 Å². The van der Waals surface area contributed by atoms with Gasteiger partial charge in [-0.05, 0) is 27.7 Å². The number of rotatable bonds is 33. The Kier molecular flexibility index (Phi) is 39.7. The van der Waals surface area contributed by atoms with E-state index in [1.165, 1.54) is 27.7 Å². The van der Waals surface area contributed by atoms with Crippen molar-refractivity contribution in [2.24, 2.45) is 0 Å². The summed E-state index contributed by atoms with van der Waals surface area (Å²) in [4.78, 5) is 41.3. The van der Waals surface area contributed by atoms with Crippen molar-refractivity contribution in [3.63, 3.8) is 0 Å². The summed E-state index contributed by atoms with van der Waals surface area (Å²) in [5.74, 6) is -3.19. The summed E-state index contributed by atoms with van der Waals surface area (Å²) in [5.41, 5.74) is 0. The highest BCUT2D eigenvalue weighted by Gasteiger charge is 2.65. The molecule has 3 amide bonds. The van der Waals surface area contributed by atoms with Crippen LogP contribution in [0.5, 0.6) is 0 Å². The number of carbonyl (C=O) groups is 3. The molecule has 60 atom stereocenters. The van der Waals surface area contributed by atoms with Crippen LogP contribution >= 0.6 is 0 Å². The third-order valence-electron chi connectivity index (χ3n) is 26.2. The minimum Gasteiger partial charge on any atom is -0.394 e. The van der Waals surface area contributed by atoms with Crippen LogP contribution in [0, 0.1) is 0 Å². The Labute approximate surface area is 782 Å². The average molecular weight is 2020 g/mol. The molecule has 12 fully saturated rings. The number of hydrogen-bond donors (Lipinski definition) is 34. The lowest BCUT2D eigenvalue weighted by Gasteiger charge is -2.53. The first-order valence-corrected chi connectivity index (χ1v) is 44.6. The van der Waals surface area contributed by atoms with E-state index < -0.39 is 439 Å². The third kappa shape index (κ3) is 24.0. The van der Waals surface area contributed by atoms with E-state index in [4.69, 9.17) is 109 Å². The Morgan fingerprint density at radius 2 is 0.391 bits per heavy atom. The molecule has 34 N–H and O–H groups in total. The van der Waals surface area contributed by atoms with E-state index in [-0.39, 0.29) is 0 Å². The van der Waals surface area contributed by atoms with Gasteiger partial charge in [-0.3, -0.25) is 14.4 Å². The number of aliphatic hydroxyl groups excluding tert-OH is 31. The number of nitrogens with one attached hydrogen (secondary N) is 3. The summed E-state index contributed by atoms with van der Waals surface area (Å²) < 4.78 is 140. The minimum absolute atomic E-state index is 0.871. The predicted octanol–water partition coefficient (Wildman–Crippen LogP) is -22.6. The minimum atomic E-state index is -2.61. The zero-order valence-electron chi connectivity index (χ0n) is 74.8. The highest BCUT2D eigenvalue weighted by molar-refractivity contribution is 5.74. The van der Waals surface area contributed by atoms with Gasteiger partial charge in [0.05, 0.1) is 77.3 Å². The number of hydrogen-bond acceptors (Lipinski definition) is 57. The van der Waals surface area contributed by atoms with Gasteiger partial charge in [0.1, 0.15) is 268 Å². The molecule has 12 aliphatic rings. The van der Waals surface area contributed by atoms with Crippen LogP contribution in [-0.2, 0) is 123 Å². The summed E-state index contributed by atoms with van der Waals surface area (Å²) in [6.45, 7) is -2.21. The number of ether oxygens (including phenoxy) is 23. The van der Waals surface area contributed by atoms with E-state index in [0.29, 0.717) is 0 Å². The average Bonchev–Trinajstić information content (AvgIpc) is 0.752. The van der Waals surface area contributed by atoms with Crippen molar-refractivity contribution >= 4 is 17.7 Å². The van der Waals surface area contributed by atoms with Crippen molar-refractivity contribution in [1.29, 1.82) is 0 Å². The maximum absolute atomic E-state index is 13.9. The topological polar surface area (TPSA) is 927 Å². The monoisotopic (exact) mass is 2020 g/mol. The summed E-state index contributed by atoms with van der Waals surface area (Å²) in [7, 11) is 0. The number of carbonyl (C=O) groups excluding carboxylic acids is 3. The van der Waals surface area contributed by atoms with E-state index in [9.17, 15) is 173 Å². The van der Waals surface area contributed by atoms with Crippen molar-refractivity contribution in [3.8, 4) is 0 Å². The zero-order valence-corrected chi connectivity index (χ0v) is 74.8. The molecule has 0 radical (unpaired) electrons. The Morgan fingerprint density at radius 3 is 0.659 bits per heavy atom. The SMILES string of the molecule is CC(=O)N[C@H]1[C@H](O[C@H]2[C@@H](O)[C@@H](CO)O[C@@H](O[C@H]3[C@H](O[C@@H]4O[C@@H](C)[C@@H](O)[C@@H](O)[C@@H]4O)[C@@H](NC(C)=O)[C@H](O[C@H]4[C@@H](O)[C@@H](CO)O[C@@H](O[C@H]5[C@H](O[C@@H]6O[C@@H](C)[C@@H](O)[C@@H](O)[C@@H]6O)[C@@H](NC(C)=O)[C@H](O[C@H]6[C@@H](O)[C@@H](CO)O[C@@H](O[C@H]7[C@H](O)[C@@H](O)[C@@H](O)O[C@@H]7CO)[C@@H]6O)O[C@@H]5CO)[C@@H]4O)O[C@@H]3CO)[C@@H]2O)O[C@H](CO)[C@@H](O[C@@H]2O[C@@H](C)[C@@H](O)[C@@H](O)[C@@H]2O)[C@@H]1O[C@@H]1O[C@H](CO)[C@H](O)[C@H](O)[C@H]1O[C@@H]1O[C@@H](C)[C@@H](O)[C@@H](O)[C@@H]1O. The molecular formula is C78H131N3O57. The maximum Gasteiger partial charge on any atom is 0.217 e. The molecule has 12 rings (SSSR count). The van der Waals surface area contributed by atoms with E-state index in [2.05, 4.69) is 16.0 Å². The fourth-order valence-electron chi connectivity index (χ4n) is 18.4. The summed E-state index contributed by atoms with van der Waals surface area (Å²) in [6, 6.07) is -6.39. The first-order chi connectivity index (χ1) is 65.2. The Balaban J connectivity index is 0.872. The molecule has 0 aromatic rings. The molecule has 0 aromatic heterocycles. The first kappa shape index (κ1) is 113. The summed E-state index contributed by atoms with van der Waals surface area (Å²) in [6.07, 6.45) is -120. The lowest BCUT2D eigenvalue weighted by Crippen LogP contribution is -2.72. The maximum atomic E-state index is 13.9. The highest BCUT2D eigenvalue weighted by atomic mass is 16.8. The van der Waals surface area contributed by atoms with E-state index in [1.54, 1.807) is 0 Å². The largest absolute Gasteiger partial charge is 0.394 e. The Hall–Kier alpha value is -3.75. The smallest absolute Gasteiger partial charge is 0.217 e. The van der Waals surface area contributed by atoms with Crippen molar-refractivity contribution in [1.82, 2.24) is 16.0 Å². The van der Waals surface area contributed by atoms with E-state index in [1.807, 2.05) is 0 Å². The fraction of sp³-hybridized carbons (Fsp3) is 0.962. The normalized spacial score (nSPS) is 52.1. The number of aliphatic hydroxyl groups is 31. The molecule has 60 nitrogen and oxygen atoms in total. The molecule has 0 aliphatic carbocycles. The molecule has 0 spiro atoms. The van der Waals surface area contributed by atoms with E-state index in [0.717, 1.165) is 20.8 Å². The second-order valence-corrected chi connectivity index (χ2v) is 35.7. The molecule has 60 heteroatoms.